The quantitative estimate of drug-likeness (QED) is 0.813. The summed E-state index contributed by atoms with van der Waals surface area (Å²) in [5.74, 6) is 0.199. The molecule has 3 rings (SSSR count). The van der Waals surface area contributed by atoms with Crippen LogP contribution in [0.3, 0.4) is 0 Å². The molecule has 1 unspecified atom stereocenters. The lowest BCUT2D eigenvalue weighted by Crippen LogP contribution is -2.48. The van der Waals surface area contributed by atoms with Gasteiger partial charge >= 0.3 is 0 Å². The average Bonchev–Trinajstić information content (AvgIpc) is 3.02. The average molecular weight is 258 g/mol. The van der Waals surface area contributed by atoms with E-state index in [4.69, 9.17) is 0 Å². The second-order valence-electron chi connectivity index (χ2n) is 5.66. The zero-order chi connectivity index (χ0) is 13.1. The molecule has 2 saturated heterocycles. The predicted octanol–water partition coefficient (Wildman–Crippen LogP) is 2.39. The normalized spacial score (nSPS) is 24.6. The van der Waals surface area contributed by atoms with Crippen molar-refractivity contribution in [2.45, 2.75) is 31.7 Å². The molecule has 2 aliphatic heterocycles. The van der Waals surface area contributed by atoms with Crippen LogP contribution in [0.2, 0.25) is 0 Å². The van der Waals surface area contributed by atoms with E-state index in [2.05, 4.69) is 4.90 Å². The molecule has 0 spiro atoms. The van der Waals surface area contributed by atoms with Gasteiger partial charge in [-0.1, -0.05) is 18.2 Å². The Morgan fingerprint density at radius 1 is 1.00 bits per heavy atom. The Hall–Kier alpha value is -1.35. The van der Waals surface area contributed by atoms with E-state index in [9.17, 15) is 4.79 Å². The molecule has 2 aliphatic rings. The number of hydrogen-bond donors (Lipinski definition) is 0. The molecular weight excluding hydrogens is 236 g/mol. The first kappa shape index (κ1) is 12.7. The Morgan fingerprint density at radius 3 is 2.47 bits per heavy atom. The smallest absolute Gasteiger partial charge is 0.253 e. The second-order valence-corrected chi connectivity index (χ2v) is 5.66. The molecule has 0 saturated carbocycles. The standard InChI is InChI=1S/C16H22N2O/c19-16(14-7-2-1-3-8-14)18-12-6-9-15(13-18)17-10-4-5-11-17/h1-3,7-8,15H,4-6,9-13H2. The number of rotatable bonds is 2. The third kappa shape index (κ3) is 2.81. The van der Waals surface area contributed by atoms with Gasteiger partial charge in [-0.2, -0.15) is 0 Å². The van der Waals surface area contributed by atoms with Crippen molar-refractivity contribution < 1.29 is 4.79 Å². The number of carbonyl (C=O) groups is 1. The molecule has 2 heterocycles. The first-order chi connectivity index (χ1) is 9.34. The van der Waals surface area contributed by atoms with Crippen molar-refractivity contribution in [3.63, 3.8) is 0 Å². The van der Waals surface area contributed by atoms with Crippen molar-refractivity contribution in [1.29, 1.82) is 0 Å². The van der Waals surface area contributed by atoms with E-state index < -0.39 is 0 Å². The highest BCUT2D eigenvalue weighted by Gasteiger charge is 2.29. The minimum Gasteiger partial charge on any atom is -0.337 e. The van der Waals surface area contributed by atoms with Gasteiger partial charge in [0, 0.05) is 24.7 Å². The van der Waals surface area contributed by atoms with E-state index in [0.29, 0.717) is 6.04 Å². The lowest BCUT2D eigenvalue weighted by atomic mass is 10.0. The van der Waals surface area contributed by atoms with E-state index in [1.807, 2.05) is 35.2 Å². The van der Waals surface area contributed by atoms with Gasteiger partial charge in [-0.15, -0.1) is 0 Å². The lowest BCUT2D eigenvalue weighted by molar-refractivity contribution is 0.0608. The molecule has 0 aliphatic carbocycles. The third-order valence-corrected chi connectivity index (χ3v) is 4.36. The first-order valence-electron chi connectivity index (χ1n) is 7.43. The summed E-state index contributed by atoms with van der Waals surface area (Å²) in [6.07, 6.45) is 5.03. The topological polar surface area (TPSA) is 23.6 Å². The number of amides is 1. The van der Waals surface area contributed by atoms with Crippen LogP contribution >= 0.6 is 0 Å². The zero-order valence-corrected chi connectivity index (χ0v) is 11.4. The van der Waals surface area contributed by atoms with Crippen LogP contribution in [0.15, 0.2) is 30.3 Å². The van der Waals surface area contributed by atoms with Gasteiger partial charge in [0.2, 0.25) is 0 Å². The fraction of sp³-hybridized carbons (Fsp3) is 0.562. The van der Waals surface area contributed by atoms with Gasteiger partial charge in [-0.05, 0) is 50.9 Å². The van der Waals surface area contributed by atoms with Crippen molar-refractivity contribution in [2.75, 3.05) is 26.2 Å². The van der Waals surface area contributed by atoms with Gasteiger partial charge < -0.3 is 4.90 Å². The van der Waals surface area contributed by atoms with E-state index in [1.54, 1.807) is 0 Å². The zero-order valence-electron chi connectivity index (χ0n) is 11.4. The minimum absolute atomic E-state index is 0.199. The Bertz CT molecular complexity index is 426. The maximum atomic E-state index is 12.5. The molecule has 0 bridgehead atoms. The van der Waals surface area contributed by atoms with E-state index in [0.717, 1.165) is 25.1 Å². The van der Waals surface area contributed by atoms with Crippen molar-refractivity contribution in [1.82, 2.24) is 9.80 Å². The molecular formula is C16H22N2O. The summed E-state index contributed by atoms with van der Waals surface area (Å²) >= 11 is 0. The van der Waals surface area contributed by atoms with Gasteiger partial charge in [0.1, 0.15) is 0 Å². The predicted molar refractivity (Wildman–Crippen MR) is 76.2 cm³/mol. The Morgan fingerprint density at radius 2 is 1.74 bits per heavy atom. The van der Waals surface area contributed by atoms with Crippen LogP contribution in [0.25, 0.3) is 0 Å². The molecule has 1 aromatic rings. The van der Waals surface area contributed by atoms with Crippen LogP contribution in [0, 0.1) is 0 Å². The molecule has 19 heavy (non-hydrogen) atoms. The first-order valence-corrected chi connectivity index (χ1v) is 7.43. The number of hydrogen-bond acceptors (Lipinski definition) is 2. The number of nitrogens with zero attached hydrogens (tertiary/aromatic N) is 2. The lowest BCUT2D eigenvalue weighted by Gasteiger charge is -2.37. The molecule has 3 heteroatoms. The molecule has 0 radical (unpaired) electrons. The highest BCUT2D eigenvalue weighted by atomic mass is 16.2. The second kappa shape index (κ2) is 5.74. The highest BCUT2D eigenvalue weighted by molar-refractivity contribution is 5.94. The molecule has 0 N–H and O–H groups in total. The van der Waals surface area contributed by atoms with Gasteiger partial charge in [0.15, 0.2) is 0 Å². The minimum atomic E-state index is 0.199. The van der Waals surface area contributed by atoms with E-state index >= 15 is 0 Å². The summed E-state index contributed by atoms with van der Waals surface area (Å²) in [7, 11) is 0. The van der Waals surface area contributed by atoms with Crippen molar-refractivity contribution in [2.24, 2.45) is 0 Å². The van der Waals surface area contributed by atoms with Gasteiger partial charge in [-0.3, -0.25) is 9.69 Å². The van der Waals surface area contributed by atoms with E-state index in [1.165, 1.54) is 32.4 Å². The largest absolute Gasteiger partial charge is 0.337 e. The molecule has 1 amide bonds. The van der Waals surface area contributed by atoms with Crippen LogP contribution in [-0.2, 0) is 0 Å². The SMILES string of the molecule is O=C(c1ccccc1)N1CCCC(N2CCCC2)C1. The fourth-order valence-electron chi connectivity index (χ4n) is 3.31. The summed E-state index contributed by atoms with van der Waals surface area (Å²) in [5, 5.41) is 0. The number of likely N-dealkylation sites (tertiary alicyclic amines) is 2. The van der Waals surface area contributed by atoms with Crippen LogP contribution in [0.5, 0.6) is 0 Å². The molecule has 102 valence electrons. The van der Waals surface area contributed by atoms with Crippen LogP contribution in [-0.4, -0.2) is 47.9 Å². The fourth-order valence-corrected chi connectivity index (χ4v) is 3.31. The van der Waals surface area contributed by atoms with Crippen molar-refractivity contribution >= 4 is 5.91 Å². The van der Waals surface area contributed by atoms with Crippen molar-refractivity contribution in [3.05, 3.63) is 35.9 Å². The molecule has 2 fully saturated rings. The maximum absolute atomic E-state index is 12.5. The Labute approximate surface area is 115 Å². The Balaban J connectivity index is 1.66. The van der Waals surface area contributed by atoms with Crippen LogP contribution in [0.1, 0.15) is 36.0 Å². The number of benzene rings is 1. The summed E-state index contributed by atoms with van der Waals surface area (Å²) in [4.78, 5) is 17.1. The van der Waals surface area contributed by atoms with Gasteiger partial charge in [0.25, 0.3) is 5.91 Å². The molecule has 1 aromatic carbocycles. The highest BCUT2D eigenvalue weighted by Crippen LogP contribution is 2.21. The van der Waals surface area contributed by atoms with Gasteiger partial charge in [-0.25, -0.2) is 0 Å². The van der Waals surface area contributed by atoms with E-state index in [-0.39, 0.29) is 5.91 Å². The third-order valence-electron chi connectivity index (χ3n) is 4.36. The monoisotopic (exact) mass is 258 g/mol. The van der Waals surface area contributed by atoms with Crippen LogP contribution < -0.4 is 0 Å². The summed E-state index contributed by atoms with van der Waals surface area (Å²) in [5.41, 5.74) is 0.824. The Kier molecular flexibility index (Phi) is 3.83. The molecule has 0 aromatic heterocycles. The summed E-state index contributed by atoms with van der Waals surface area (Å²) < 4.78 is 0. The summed E-state index contributed by atoms with van der Waals surface area (Å²) in [6, 6.07) is 10.3. The summed E-state index contributed by atoms with van der Waals surface area (Å²) in [6.45, 7) is 4.27. The molecule has 3 nitrogen and oxygen atoms in total. The number of carbonyl (C=O) groups excluding carboxylic acids is 1. The van der Waals surface area contributed by atoms with Gasteiger partial charge in [0.05, 0.1) is 0 Å². The number of piperidine rings is 1. The molecule has 1 atom stereocenters. The van der Waals surface area contributed by atoms with Crippen molar-refractivity contribution in [3.8, 4) is 0 Å². The maximum Gasteiger partial charge on any atom is 0.253 e. The van der Waals surface area contributed by atoms with Crippen LogP contribution in [0.4, 0.5) is 0 Å².